The van der Waals surface area contributed by atoms with Crippen LogP contribution in [0.25, 0.3) is 0 Å². The lowest BCUT2D eigenvalue weighted by atomic mass is 10.00. The lowest BCUT2D eigenvalue weighted by Gasteiger charge is -2.41. The number of hydrogen-bond acceptors (Lipinski definition) is 2. The fourth-order valence-corrected chi connectivity index (χ4v) is 2.97. The van der Waals surface area contributed by atoms with Gasteiger partial charge in [-0.25, -0.2) is 0 Å². The molecule has 0 radical (unpaired) electrons. The Bertz CT molecular complexity index is 309. The van der Waals surface area contributed by atoms with Gasteiger partial charge in [-0.15, -0.1) is 0 Å². The van der Waals surface area contributed by atoms with E-state index >= 15 is 0 Å². The van der Waals surface area contributed by atoms with Crippen LogP contribution < -0.4 is 0 Å². The molecule has 18 heavy (non-hydrogen) atoms. The SMILES string of the molecule is C[C@H](O[Si](C)(C)C(C)(C)C)[C@@](C)(O)/C=C/C1CC1. The summed E-state index contributed by atoms with van der Waals surface area (Å²) in [6.07, 6.45) is 6.45. The van der Waals surface area contributed by atoms with Crippen LogP contribution in [0.4, 0.5) is 0 Å². The van der Waals surface area contributed by atoms with Gasteiger partial charge < -0.3 is 9.53 Å². The molecule has 0 aliphatic heterocycles. The normalized spacial score (nSPS) is 23.1. The molecular weight excluding hydrogens is 240 g/mol. The predicted octanol–water partition coefficient (Wildman–Crippen LogP) is 4.11. The van der Waals surface area contributed by atoms with Crippen LogP contribution >= 0.6 is 0 Å². The number of aliphatic hydroxyl groups is 1. The maximum absolute atomic E-state index is 10.5. The van der Waals surface area contributed by atoms with E-state index in [1.807, 2.05) is 19.9 Å². The maximum Gasteiger partial charge on any atom is 0.192 e. The van der Waals surface area contributed by atoms with Crippen molar-refractivity contribution < 1.29 is 9.53 Å². The first-order valence-electron chi connectivity index (χ1n) is 7.05. The van der Waals surface area contributed by atoms with Crippen LogP contribution in [0, 0.1) is 5.92 Å². The molecule has 2 atom stereocenters. The zero-order valence-electron chi connectivity index (χ0n) is 13.1. The molecule has 0 aromatic carbocycles. The van der Waals surface area contributed by atoms with E-state index in [0.29, 0.717) is 5.92 Å². The van der Waals surface area contributed by atoms with Gasteiger partial charge in [-0.1, -0.05) is 32.9 Å². The molecule has 1 aliphatic rings. The Morgan fingerprint density at radius 1 is 1.22 bits per heavy atom. The molecule has 3 heteroatoms. The summed E-state index contributed by atoms with van der Waals surface area (Å²) in [7, 11) is -1.81. The van der Waals surface area contributed by atoms with Gasteiger partial charge >= 0.3 is 0 Å². The van der Waals surface area contributed by atoms with Gasteiger partial charge in [0.2, 0.25) is 0 Å². The molecule has 1 rings (SSSR count). The monoisotopic (exact) mass is 270 g/mol. The third-order valence-corrected chi connectivity index (χ3v) is 8.98. The first kappa shape index (κ1) is 15.9. The van der Waals surface area contributed by atoms with E-state index in [4.69, 9.17) is 4.43 Å². The quantitative estimate of drug-likeness (QED) is 0.601. The zero-order chi connectivity index (χ0) is 14.2. The van der Waals surface area contributed by atoms with Crippen LogP contribution in [0.1, 0.15) is 47.5 Å². The van der Waals surface area contributed by atoms with Crippen LogP contribution in [-0.4, -0.2) is 25.1 Å². The standard InChI is InChI=1S/C15H30O2Si/c1-12(17-18(6,7)14(2,3)4)15(5,16)11-10-13-8-9-13/h10-13,16H,8-9H2,1-7H3/b11-10+/t12-,15-/m0/s1. The second-order valence-electron chi connectivity index (χ2n) is 7.44. The van der Waals surface area contributed by atoms with Crippen molar-refractivity contribution in [3.8, 4) is 0 Å². The van der Waals surface area contributed by atoms with Crippen molar-refractivity contribution in [2.24, 2.45) is 5.92 Å². The van der Waals surface area contributed by atoms with Crippen molar-refractivity contribution in [3.05, 3.63) is 12.2 Å². The highest BCUT2D eigenvalue weighted by molar-refractivity contribution is 6.74. The number of hydrogen-bond donors (Lipinski definition) is 1. The van der Waals surface area contributed by atoms with E-state index in [2.05, 4.69) is 39.9 Å². The molecule has 106 valence electrons. The molecule has 1 saturated carbocycles. The van der Waals surface area contributed by atoms with Gasteiger partial charge in [-0.05, 0) is 50.7 Å². The van der Waals surface area contributed by atoms with Crippen molar-refractivity contribution in [2.45, 2.75) is 77.3 Å². The van der Waals surface area contributed by atoms with Crippen molar-refractivity contribution in [3.63, 3.8) is 0 Å². The van der Waals surface area contributed by atoms with Gasteiger partial charge in [0.05, 0.1) is 6.10 Å². The minimum absolute atomic E-state index is 0.159. The van der Waals surface area contributed by atoms with Crippen molar-refractivity contribution in [2.75, 3.05) is 0 Å². The highest BCUT2D eigenvalue weighted by Gasteiger charge is 2.41. The molecule has 2 nitrogen and oxygen atoms in total. The molecule has 0 spiro atoms. The summed E-state index contributed by atoms with van der Waals surface area (Å²) in [5.74, 6) is 0.691. The molecule has 1 aliphatic carbocycles. The van der Waals surface area contributed by atoms with Gasteiger partial charge in [0.15, 0.2) is 8.32 Å². The van der Waals surface area contributed by atoms with Gasteiger partial charge in [0.1, 0.15) is 5.60 Å². The minimum Gasteiger partial charge on any atom is -0.411 e. The van der Waals surface area contributed by atoms with E-state index in [1.165, 1.54) is 12.8 Å². The van der Waals surface area contributed by atoms with Gasteiger partial charge in [-0.2, -0.15) is 0 Å². The van der Waals surface area contributed by atoms with Crippen molar-refractivity contribution >= 4 is 8.32 Å². The fourth-order valence-electron chi connectivity index (χ4n) is 1.49. The zero-order valence-corrected chi connectivity index (χ0v) is 14.1. The number of rotatable bonds is 5. The molecule has 0 heterocycles. The Kier molecular flexibility index (Phi) is 4.52. The predicted molar refractivity (Wildman–Crippen MR) is 80.2 cm³/mol. The summed E-state index contributed by atoms with van der Waals surface area (Å²) in [6, 6.07) is 0. The van der Waals surface area contributed by atoms with Crippen LogP contribution in [0.2, 0.25) is 18.1 Å². The van der Waals surface area contributed by atoms with Gasteiger partial charge in [0.25, 0.3) is 0 Å². The molecule has 0 aromatic heterocycles. The van der Waals surface area contributed by atoms with Crippen LogP contribution in [0.15, 0.2) is 12.2 Å². The second kappa shape index (κ2) is 5.10. The second-order valence-corrected chi connectivity index (χ2v) is 12.2. The smallest absolute Gasteiger partial charge is 0.192 e. The summed E-state index contributed by atoms with van der Waals surface area (Å²) >= 11 is 0. The topological polar surface area (TPSA) is 29.5 Å². The first-order valence-corrected chi connectivity index (χ1v) is 9.96. The molecule has 0 bridgehead atoms. The molecule has 0 aromatic rings. The third kappa shape index (κ3) is 4.21. The summed E-state index contributed by atoms with van der Waals surface area (Å²) in [5.41, 5.74) is -0.863. The molecule has 0 amide bonds. The number of allylic oxidation sites excluding steroid dienone is 1. The summed E-state index contributed by atoms with van der Waals surface area (Å²) in [4.78, 5) is 0. The van der Waals surface area contributed by atoms with E-state index in [1.54, 1.807) is 0 Å². The van der Waals surface area contributed by atoms with E-state index < -0.39 is 13.9 Å². The van der Waals surface area contributed by atoms with Crippen LogP contribution in [-0.2, 0) is 4.43 Å². The Labute approximate surface area is 114 Å². The summed E-state index contributed by atoms with van der Waals surface area (Å²) < 4.78 is 6.26. The highest BCUT2D eigenvalue weighted by atomic mass is 28.4. The highest BCUT2D eigenvalue weighted by Crippen LogP contribution is 2.39. The Morgan fingerprint density at radius 3 is 2.11 bits per heavy atom. The van der Waals surface area contributed by atoms with Crippen molar-refractivity contribution in [1.82, 2.24) is 0 Å². The molecule has 0 unspecified atom stereocenters. The van der Waals surface area contributed by atoms with Gasteiger partial charge in [-0.3, -0.25) is 0 Å². The van der Waals surface area contributed by atoms with Crippen LogP contribution in [0.5, 0.6) is 0 Å². The average Bonchev–Trinajstić information content (AvgIpc) is 2.95. The van der Waals surface area contributed by atoms with E-state index in [0.717, 1.165) is 0 Å². The fraction of sp³-hybridized carbons (Fsp3) is 0.867. The minimum atomic E-state index is -1.81. The van der Waals surface area contributed by atoms with Gasteiger partial charge in [0, 0.05) is 0 Å². The molecular formula is C15H30O2Si. The van der Waals surface area contributed by atoms with E-state index in [-0.39, 0.29) is 11.1 Å². The lowest BCUT2D eigenvalue weighted by molar-refractivity contribution is -0.00825. The summed E-state index contributed by atoms with van der Waals surface area (Å²) in [5, 5.41) is 10.7. The first-order chi connectivity index (χ1) is 7.96. The molecule has 1 N–H and O–H groups in total. The van der Waals surface area contributed by atoms with E-state index in [9.17, 15) is 5.11 Å². The van der Waals surface area contributed by atoms with Crippen LogP contribution in [0.3, 0.4) is 0 Å². The molecule has 0 saturated heterocycles. The average molecular weight is 270 g/mol. The lowest BCUT2D eigenvalue weighted by Crippen LogP contribution is -2.49. The third-order valence-electron chi connectivity index (χ3n) is 4.43. The summed E-state index contributed by atoms with van der Waals surface area (Å²) in [6.45, 7) is 15.0. The Balaban J connectivity index is 2.65. The largest absolute Gasteiger partial charge is 0.411 e. The Morgan fingerprint density at radius 2 is 1.72 bits per heavy atom. The molecule has 1 fully saturated rings. The Hall–Kier alpha value is -0.123. The maximum atomic E-state index is 10.5. The van der Waals surface area contributed by atoms with Crippen molar-refractivity contribution in [1.29, 1.82) is 0 Å².